The second-order valence-corrected chi connectivity index (χ2v) is 13.5. The van der Waals surface area contributed by atoms with Gasteiger partial charge in [-0.2, -0.15) is 0 Å². The van der Waals surface area contributed by atoms with Crippen molar-refractivity contribution in [3.05, 3.63) is 0 Å². The molecule has 0 aromatic heterocycles. The van der Waals surface area contributed by atoms with Crippen LogP contribution in [0.15, 0.2) is 0 Å². The molecule has 6 rings (SSSR count). The molecule has 210 valence electrons. The van der Waals surface area contributed by atoms with E-state index in [2.05, 4.69) is 5.32 Å². The number of aliphatic hydroxyl groups is 3. The van der Waals surface area contributed by atoms with E-state index in [-0.39, 0.29) is 0 Å². The Morgan fingerprint density at radius 3 is 2.18 bits per heavy atom. The van der Waals surface area contributed by atoms with Gasteiger partial charge in [-0.15, -0.1) is 0 Å². The molecule has 12 atom stereocenters. The summed E-state index contributed by atoms with van der Waals surface area (Å²) in [5.41, 5.74) is -10.5. The van der Waals surface area contributed by atoms with Crippen LogP contribution in [0, 0.1) is 28.1 Å². The largest absolute Gasteiger partial charge is 0.456 e. The van der Waals surface area contributed by atoms with Gasteiger partial charge in [-0.3, -0.25) is 4.79 Å². The Labute approximate surface area is 218 Å². The molecular weight excluding hydrogens is 506 g/mol. The summed E-state index contributed by atoms with van der Waals surface area (Å²) >= 11 is 0. The van der Waals surface area contributed by atoms with Crippen molar-refractivity contribution >= 4 is 24.0 Å². The molecule has 6 unspecified atom stereocenters. The standard InChI is InChI=1S/C25H33NO12/c1-8-15(29)35-14-11(27)23-13-9(34-19(32)26-21(5,6)7)10(20(2,3)4)22(23)12(28)16(30)37-18(22)38-25(23,17(31)36-13)24(8,14)33/h8-14,18,27-28,33H,1-7H3,(H,26,32)/t8-,9-,10+,11+,12+,13?,14?,18?,22?,23?,24-,25?/m1/s1. The summed E-state index contributed by atoms with van der Waals surface area (Å²) < 4.78 is 28.8. The fourth-order valence-electron chi connectivity index (χ4n) is 8.81. The molecule has 2 spiro atoms. The number of aliphatic hydroxyl groups excluding tert-OH is 2. The first-order valence-electron chi connectivity index (χ1n) is 12.7. The van der Waals surface area contributed by atoms with Crippen LogP contribution in [0.1, 0.15) is 48.5 Å². The number of alkyl carbamates (subject to hydrolysis) is 1. The van der Waals surface area contributed by atoms with Crippen molar-refractivity contribution in [1.82, 2.24) is 5.32 Å². The van der Waals surface area contributed by atoms with Crippen LogP contribution in [0.4, 0.5) is 4.79 Å². The van der Waals surface area contributed by atoms with E-state index in [4.69, 9.17) is 23.7 Å². The number of carbonyl (C=O) groups excluding carboxylic acids is 4. The molecule has 0 aromatic rings. The number of hydrogen-bond acceptors (Lipinski definition) is 12. The Balaban J connectivity index is 1.65. The van der Waals surface area contributed by atoms with Crippen molar-refractivity contribution in [2.45, 2.75) is 102 Å². The molecule has 4 heterocycles. The Hall–Kier alpha value is -2.48. The van der Waals surface area contributed by atoms with E-state index in [9.17, 15) is 34.5 Å². The third-order valence-electron chi connectivity index (χ3n) is 9.64. The molecule has 0 aromatic carbocycles. The van der Waals surface area contributed by atoms with Gasteiger partial charge in [-0.05, 0) is 33.1 Å². The van der Waals surface area contributed by atoms with Crippen LogP contribution in [-0.4, -0.2) is 92.9 Å². The summed E-state index contributed by atoms with van der Waals surface area (Å²) in [6.45, 7) is 11.9. The average molecular weight is 540 g/mol. The van der Waals surface area contributed by atoms with Crippen molar-refractivity contribution in [2.75, 3.05) is 0 Å². The molecule has 4 aliphatic heterocycles. The topological polar surface area (TPSA) is 187 Å². The minimum atomic E-state index is -2.48. The zero-order chi connectivity index (χ0) is 28.2. The van der Waals surface area contributed by atoms with E-state index in [1.54, 1.807) is 41.5 Å². The first-order chi connectivity index (χ1) is 17.3. The molecule has 13 nitrogen and oxygen atoms in total. The van der Waals surface area contributed by atoms with Gasteiger partial charge >= 0.3 is 24.0 Å². The SMILES string of the molecule is C[C@@H]1C(=O)OC2[C@H](O)C34C5OC(=O)C3(OC3OC(=O)[C@H](O)C34[C@H](C(C)(C)C)[C@H]5OC(=O)NC(C)(C)C)[C@]21O. The number of carbonyl (C=O) groups is 4. The summed E-state index contributed by atoms with van der Waals surface area (Å²) in [6.07, 6.45) is -10.8. The van der Waals surface area contributed by atoms with E-state index in [0.717, 1.165) is 0 Å². The normalized spacial score (nSPS) is 52.1. The molecule has 1 amide bonds. The van der Waals surface area contributed by atoms with Crippen LogP contribution >= 0.6 is 0 Å². The van der Waals surface area contributed by atoms with Crippen molar-refractivity contribution in [3.8, 4) is 0 Å². The Kier molecular flexibility index (Phi) is 4.61. The molecule has 0 radical (unpaired) electrons. The van der Waals surface area contributed by atoms with Crippen LogP contribution in [0.3, 0.4) is 0 Å². The predicted molar refractivity (Wildman–Crippen MR) is 121 cm³/mol. The molecule has 6 fully saturated rings. The number of amides is 1. The van der Waals surface area contributed by atoms with E-state index in [1.165, 1.54) is 6.92 Å². The minimum Gasteiger partial charge on any atom is -0.456 e. The smallest absolute Gasteiger partial charge is 0.407 e. The zero-order valence-corrected chi connectivity index (χ0v) is 22.1. The van der Waals surface area contributed by atoms with Crippen LogP contribution < -0.4 is 5.32 Å². The summed E-state index contributed by atoms with van der Waals surface area (Å²) in [5.74, 6) is -5.42. The second kappa shape index (κ2) is 6.80. The lowest BCUT2D eigenvalue weighted by atomic mass is 9.51. The van der Waals surface area contributed by atoms with Crippen LogP contribution in [0.2, 0.25) is 0 Å². The Morgan fingerprint density at radius 2 is 1.61 bits per heavy atom. The highest BCUT2D eigenvalue weighted by Crippen LogP contribution is 2.84. The van der Waals surface area contributed by atoms with Gasteiger partial charge in [0.2, 0.25) is 11.9 Å². The summed E-state index contributed by atoms with van der Waals surface area (Å²) in [6, 6.07) is 0. The van der Waals surface area contributed by atoms with Gasteiger partial charge in [0.25, 0.3) is 0 Å². The van der Waals surface area contributed by atoms with E-state index in [1.807, 2.05) is 0 Å². The first-order valence-corrected chi connectivity index (χ1v) is 12.7. The number of fused-ring (bicyclic) bond motifs is 1. The maximum atomic E-state index is 13.9. The van der Waals surface area contributed by atoms with Crippen molar-refractivity contribution in [2.24, 2.45) is 28.1 Å². The van der Waals surface area contributed by atoms with Crippen molar-refractivity contribution in [1.29, 1.82) is 0 Å². The molecular formula is C25H33NO12. The van der Waals surface area contributed by atoms with Gasteiger partial charge in [0.1, 0.15) is 12.2 Å². The lowest BCUT2D eigenvalue weighted by molar-refractivity contribution is -0.240. The summed E-state index contributed by atoms with van der Waals surface area (Å²) in [4.78, 5) is 52.5. The third-order valence-corrected chi connectivity index (χ3v) is 9.64. The molecule has 38 heavy (non-hydrogen) atoms. The molecule has 13 heteroatoms. The van der Waals surface area contributed by atoms with Gasteiger partial charge in [0.15, 0.2) is 23.9 Å². The lowest BCUT2D eigenvalue weighted by Gasteiger charge is -2.47. The molecule has 0 bridgehead atoms. The van der Waals surface area contributed by atoms with Crippen molar-refractivity contribution < 1.29 is 58.2 Å². The highest BCUT2D eigenvalue weighted by Gasteiger charge is 3.05. The maximum absolute atomic E-state index is 13.9. The summed E-state index contributed by atoms with van der Waals surface area (Å²) in [5, 5.41) is 38.4. The molecule has 2 aliphatic carbocycles. The number of nitrogens with one attached hydrogen (secondary N) is 1. The van der Waals surface area contributed by atoms with Gasteiger partial charge in [-0.25, -0.2) is 14.4 Å². The Bertz CT molecular complexity index is 1170. The molecule has 4 N–H and O–H groups in total. The molecule has 6 aliphatic rings. The van der Waals surface area contributed by atoms with E-state index < -0.39 is 106 Å². The van der Waals surface area contributed by atoms with Gasteiger partial charge in [-0.1, -0.05) is 20.8 Å². The van der Waals surface area contributed by atoms with Gasteiger partial charge in [0, 0.05) is 11.5 Å². The fourth-order valence-corrected chi connectivity index (χ4v) is 8.81. The maximum Gasteiger partial charge on any atom is 0.407 e. The average Bonchev–Trinajstić information content (AvgIpc) is 3.46. The number of ether oxygens (including phenoxy) is 5. The van der Waals surface area contributed by atoms with Crippen LogP contribution in [-0.2, 0) is 38.1 Å². The number of rotatable bonds is 1. The van der Waals surface area contributed by atoms with Crippen LogP contribution in [0.25, 0.3) is 0 Å². The minimum absolute atomic E-state index is 0.699. The lowest BCUT2D eigenvalue weighted by Crippen LogP contribution is -2.67. The van der Waals surface area contributed by atoms with Crippen molar-refractivity contribution in [3.63, 3.8) is 0 Å². The molecule has 2 saturated carbocycles. The predicted octanol–water partition coefficient (Wildman–Crippen LogP) is -0.866. The first kappa shape index (κ1) is 25.8. The second-order valence-electron chi connectivity index (χ2n) is 13.5. The highest BCUT2D eigenvalue weighted by atomic mass is 16.8. The highest BCUT2D eigenvalue weighted by molar-refractivity contribution is 5.94. The number of esters is 3. The fraction of sp³-hybridized carbons (Fsp3) is 0.840. The van der Waals surface area contributed by atoms with Gasteiger partial charge < -0.3 is 44.3 Å². The van der Waals surface area contributed by atoms with E-state index in [0.29, 0.717) is 0 Å². The third kappa shape index (κ3) is 2.29. The number of hydrogen-bond donors (Lipinski definition) is 4. The van der Waals surface area contributed by atoms with Gasteiger partial charge in [0.05, 0.1) is 16.7 Å². The van der Waals surface area contributed by atoms with Crippen LogP contribution in [0.5, 0.6) is 0 Å². The monoisotopic (exact) mass is 539 g/mol. The Morgan fingerprint density at radius 1 is 0.974 bits per heavy atom. The van der Waals surface area contributed by atoms with E-state index >= 15 is 0 Å². The summed E-state index contributed by atoms with van der Waals surface area (Å²) in [7, 11) is 0. The quantitative estimate of drug-likeness (QED) is 0.239. The zero-order valence-electron chi connectivity index (χ0n) is 22.1. The molecule has 4 saturated heterocycles.